The zero-order valence-corrected chi connectivity index (χ0v) is 21.5. The van der Waals surface area contributed by atoms with Gasteiger partial charge in [-0.2, -0.15) is 0 Å². The van der Waals surface area contributed by atoms with Gasteiger partial charge in [0.1, 0.15) is 29.1 Å². The highest BCUT2D eigenvalue weighted by molar-refractivity contribution is 9.10. The maximum atomic E-state index is 13.4. The van der Waals surface area contributed by atoms with Gasteiger partial charge in [0.2, 0.25) is 0 Å². The van der Waals surface area contributed by atoms with Gasteiger partial charge in [-0.3, -0.25) is 14.5 Å². The van der Waals surface area contributed by atoms with E-state index in [-0.39, 0.29) is 22.6 Å². The second-order valence-electron chi connectivity index (χ2n) is 9.08. The molecule has 4 rings (SSSR count). The maximum absolute atomic E-state index is 13.4. The first-order valence-electron chi connectivity index (χ1n) is 10.8. The van der Waals surface area contributed by atoms with Crippen LogP contribution >= 0.6 is 15.9 Å². The summed E-state index contributed by atoms with van der Waals surface area (Å²) in [4.78, 5) is 28.0. The van der Waals surface area contributed by atoms with Gasteiger partial charge in [0, 0.05) is 27.1 Å². The number of halogens is 1. The van der Waals surface area contributed by atoms with Crippen LogP contribution in [0, 0.1) is 0 Å². The average molecular weight is 541 g/mol. The normalized spacial score (nSPS) is 17.7. The Kier molecular flexibility index (Phi) is 6.46. The zero-order chi connectivity index (χ0) is 25.5. The Morgan fingerprint density at radius 3 is 2.31 bits per heavy atom. The lowest BCUT2D eigenvalue weighted by molar-refractivity contribution is -0.132. The van der Waals surface area contributed by atoms with E-state index in [1.807, 2.05) is 20.8 Å². The fourth-order valence-corrected chi connectivity index (χ4v) is 4.18. The van der Waals surface area contributed by atoms with Gasteiger partial charge in [-0.25, -0.2) is 0 Å². The number of anilines is 1. The Morgan fingerprint density at radius 2 is 1.74 bits per heavy atom. The smallest absolute Gasteiger partial charge is 0.301 e. The van der Waals surface area contributed by atoms with E-state index < -0.39 is 17.7 Å². The summed E-state index contributed by atoms with van der Waals surface area (Å²) >= 11 is 3.37. The van der Waals surface area contributed by atoms with Crippen LogP contribution in [0.1, 0.15) is 43.7 Å². The van der Waals surface area contributed by atoms with E-state index >= 15 is 0 Å². The third kappa shape index (κ3) is 4.43. The van der Waals surface area contributed by atoms with E-state index in [0.717, 1.165) is 4.47 Å². The van der Waals surface area contributed by atoms with Crippen LogP contribution in [0.4, 0.5) is 5.82 Å². The lowest BCUT2D eigenvalue weighted by Crippen LogP contribution is -2.30. The number of benzene rings is 2. The summed E-state index contributed by atoms with van der Waals surface area (Å²) in [6.45, 7) is 5.84. The summed E-state index contributed by atoms with van der Waals surface area (Å²) in [6.07, 6.45) is 0. The largest absolute Gasteiger partial charge is 0.507 e. The van der Waals surface area contributed by atoms with Crippen LogP contribution in [0.15, 0.2) is 63.1 Å². The molecule has 2 aromatic carbocycles. The second-order valence-corrected chi connectivity index (χ2v) is 10.00. The molecule has 0 bridgehead atoms. The molecule has 0 spiro atoms. The average Bonchev–Trinajstić information content (AvgIpc) is 3.42. The number of hydrogen-bond donors (Lipinski definition) is 1. The number of Topliss-reactive ketones (excluding diaryl/α,β-unsaturated/α-hetero) is 1. The molecule has 0 radical (unpaired) electrons. The number of aliphatic hydroxyl groups is 1. The summed E-state index contributed by atoms with van der Waals surface area (Å²) in [7, 11) is 3.00. The van der Waals surface area contributed by atoms with Crippen molar-refractivity contribution in [2.45, 2.75) is 32.2 Å². The molecule has 35 heavy (non-hydrogen) atoms. The topological polar surface area (TPSA) is 102 Å². The molecular formula is C26H25BrN2O6. The maximum Gasteiger partial charge on any atom is 0.301 e. The molecular weight excluding hydrogens is 516 g/mol. The number of ether oxygens (including phenoxy) is 2. The molecule has 1 aromatic heterocycles. The second kappa shape index (κ2) is 9.22. The van der Waals surface area contributed by atoms with Gasteiger partial charge in [0.05, 0.1) is 19.8 Å². The number of carbonyl (C=O) groups is 2. The van der Waals surface area contributed by atoms with Crippen molar-refractivity contribution in [3.63, 3.8) is 0 Å². The molecule has 1 atom stereocenters. The molecule has 1 fully saturated rings. The Labute approximate surface area is 211 Å². The van der Waals surface area contributed by atoms with Crippen molar-refractivity contribution in [3.8, 4) is 11.5 Å². The highest BCUT2D eigenvalue weighted by Crippen LogP contribution is 2.46. The van der Waals surface area contributed by atoms with E-state index in [1.54, 1.807) is 48.5 Å². The van der Waals surface area contributed by atoms with Crippen molar-refractivity contribution in [1.29, 1.82) is 0 Å². The van der Waals surface area contributed by atoms with Crippen molar-refractivity contribution < 1.29 is 28.7 Å². The molecule has 9 heteroatoms. The molecule has 1 N–H and O–H groups in total. The number of aliphatic hydroxyl groups excluding tert-OH is 1. The molecule has 1 amide bonds. The van der Waals surface area contributed by atoms with Gasteiger partial charge in [-0.05, 0) is 30.3 Å². The number of methoxy groups -OCH3 is 2. The van der Waals surface area contributed by atoms with Crippen LogP contribution in [0.2, 0.25) is 0 Å². The zero-order valence-electron chi connectivity index (χ0n) is 20.0. The molecule has 0 aliphatic carbocycles. The molecule has 1 saturated heterocycles. The van der Waals surface area contributed by atoms with E-state index in [9.17, 15) is 14.7 Å². The Hall–Kier alpha value is -3.59. The van der Waals surface area contributed by atoms with Gasteiger partial charge in [0.15, 0.2) is 5.82 Å². The Balaban J connectivity index is 1.99. The quantitative estimate of drug-likeness (QED) is 0.263. The minimum Gasteiger partial charge on any atom is -0.507 e. The minimum atomic E-state index is -1.04. The summed E-state index contributed by atoms with van der Waals surface area (Å²) in [5, 5.41) is 15.4. The first kappa shape index (κ1) is 24.5. The number of hydrogen-bond acceptors (Lipinski definition) is 7. The third-order valence-electron chi connectivity index (χ3n) is 5.78. The summed E-state index contributed by atoms with van der Waals surface area (Å²) in [5.41, 5.74) is 0.363. The van der Waals surface area contributed by atoms with Crippen LogP contribution < -0.4 is 14.4 Å². The van der Waals surface area contributed by atoms with Crippen molar-refractivity contribution in [3.05, 3.63) is 75.5 Å². The Bertz CT molecular complexity index is 1320. The summed E-state index contributed by atoms with van der Waals surface area (Å²) in [6, 6.07) is 12.4. The molecule has 1 aliphatic heterocycles. The summed E-state index contributed by atoms with van der Waals surface area (Å²) < 4.78 is 17.3. The minimum absolute atomic E-state index is 0.0933. The SMILES string of the molecule is COc1ccc(OC)c(C2/C(=C(\O)c3ccc(Br)cc3)C(=O)C(=O)N2c2cc(C(C)(C)C)on2)c1. The van der Waals surface area contributed by atoms with Crippen LogP contribution in [-0.2, 0) is 15.0 Å². The van der Waals surface area contributed by atoms with Crippen molar-refractivity contribution in [2.75, 3.05) is 19.1 Å². The lowest BCUT2D eigenvalue weighted by atomic mass is 9.93. The predicted octanol–water partition coefficient (Wildman–Crippen LogP) is 5.38. The predicted molar refractivity (Wildman–Crippen MR) is 134 cm³/mol. The summed E-state index contributed by atoms with van der Waals surface area (Å²) in [5.74, 6) is -0.407. The molecule has 3 aromatic rings. The van der Waals surface area contributed by atoms with E-state index in [2.05, 4.69) is 21.1 Å². The lowest BCUT2D eigenvalue weighted by Gasteiger charge is -2.25. The van der Waals surface area contributed by atoms with Gasteiger partial charge in [-0.15, -0.1) is 0 Å². The number of ketones is 1. The van der Waals surface area contributed by atoms with E-state index in [0.29, 0.717) is 28.4 Å². The molecule has 1 aliphatic rings. The number of rotatable bonds is 5. The van der Waals surface area contributed by atoms with Crippen LogP contribution in [0.5, 0.6) is 11.5 Å². The van der Waals surface area contributed by atoms with Crippen molar-refractivity contribution in [2.24, 2.45) is 0 Å². The van der Waals surface area contributed by atoms with E-state index in [1.165, 1.54) is 19.1 Å². The molecule has 2 heterocycles. The monoisotopic (exact) mass is 540 g/mol. The van der Waals surface area contributed by atoms with Crippen LogP contribution in [0.25, 0.3) is 5.76 Å². The van der Waals surface area contributed by atoms with Gasteiger partial charge < -0.3 is 19.1 Å². The van der Waals surface area contributed by atoms with Crippen LogP contribution in [-0.4, -0.2) is 36.2 Å². The fraction of sp³-hybridized carbons (Fsp3) is 0.269. The van der Waals surface area contributed by atoms with Crippen LogP contribution in [0.3, 0.4) is 0 Å². The number of nitrogens with zero attached hydrogens (tertiary/aromatic N) is 2. The van der Waals surface area contributed by atoms with E-state index in [4.69, 9.17) is 14.0 Å². The number of aromatic nitrogens is 1. The highest BCUT2D eigenvalue weighted by atomic mass is 79.9. The third-order valence-corrected chi connectivity index (χ3v) is 6.31. The highest BCUT2D eigenvalue weighted by Gasteiger charge is 2.49. The van der Waals surface area contributed by atoms with Gasteiger partial charge >= 0.3 is 5.91 Å². The molecule has 0 saturated carbocycles. The Morgan fingerprint density at radius 1 is 1.06 bits per heavy atom. The van der Waals surface area contributed by atoms with Crippen molar-refractivity contribution in [1.82, 2.24) is 5.16 Å². The van der Waals surface area contributed by atoms with Gasteiger partial charge in [-0.1, -0.05) is 54.0 Å². The molecule has 182 valence electrons. The standard InChI is InChI=1S/C26H25BrN2O6/c1-26(2,3)19-13-20(28-35-19)29-22(17-12-16(33-4)10-11-18(17)34-5)21(24(31)25(29)32)23(30)14-6-8-15(27)9-7-14/h6-13,22,30H,1-5H3/b23-21+. The number of amides is 1. The number of carbonyl (C=O) groups excluding carboxylic acids is 2. The fourth-order valence-electron chi connectivity index (χ4n) is 3.91. The first-order valence-corrected chi connectivity index (χ1v) is 11.6. The first-order chi connectivity index (χ1) is 16.6. The van der Waals surface area contributed by atoms with Gasteiger partial charge in [0.25, 0.3) is 5.78 Å². The van der Waals surface area contributed by atoms with Crippen molar-refractivity contribution >= 4 is 39.2 Å². The molecule has 1 unspecified atom stereocenters. The molecule has 8 nitrogen and oxygen atoms in total.